The number of esters is 1. The van der Waals surface area contributed by atoms with Crippen molar-refractivity contribution in [2.24, 2.45) is 26.4 Å². The first-order chi connectivity index (χ1) is 35.9. The molecule has 1 N–H and O–H groups in total. The summed E-state index contributed by atoms with van der Waals surface area (Å²) >= 11 is 1.58. The molecule has 4 fully saturated rings. The van der Waals surface area contributed by atoms with Crippen molar-refractivity contribution < 1.29 is 28.8 Å². The van der Waals surface area contributed by atoms with Crippen LogP contribution < -0.4 is 14.4 Å². The zero-order chi connectivity index (χ0) is 53.0. The maximum atomic E-state index is 14.6. The molecule has 398 valence electrons. The molecule has 4 heterocycles. The minimum absolute atomic E-state index is 0.0111. The molecule has 4 aliphatic rings. The molecule has 4 saturated carbocycles. The predicted octanol–water partition coefficient (Wildman–Crippen LogP) is 12.0. The summed E-state index contributed by atoms with van der Waals surface area (Å²) in [6, 6.07) is 22.6. The number of ether oxygens (including phenoxy) is 4. The van der Waals surface area contributed by atoms with Gasteiger partial charge in [-0.15, -0.1) is 10.2 Å². The number of aromatic nitrogens is 6. The summed E-state index contributed by atoms with van der Waals surface area (Å²) in [5.41, 5.74) is 14.1. The number of nitrogens with zero attached hydrogens (tertiary/aromatic N) is 11. The lowest BCUT2D eigenvalue weighted by Gasteiger charge is -2.69. The largest absolute Gasteiger partial charge is 0.497 e. The molecule has 2 unspecified atom stereocenters. The van der Waals surface area contributed by atoms with E-state index in [1.165, 1.54) is 6.42 Å². The van der Waals surface area contributed by atoms with Gasteiger partial charge in [-0.2, -0.15) is 10.1 Å². The normalized spacial score (nSPS) is 22.2. The van der Waals surface area contributed by atoms with Crippen molar-refractivity contribution in [2.75, 3.05) is 44.9 Å². The number of fused-ring (bicyclic) bond motifs is 1. The standard InChI is InChI=1S/C56H73N11O6SSi/c1-39-28-48(62-63-50(39)61-52-66(38-71-26-27-75(6,7)8)45-14-10-11-15-46(45)74-52)65(23-13-9-12-22-58-64-57)47-21-20-43(49(60-47)51(69)72-30-41-16-18-42(70-5)19-17-41)44-29-59-67(40(44)2)37-55-32-53(3)31-54(4,33-55)35-56(34-53,36-55)73-25-24-68/h10-11,14-21,28-29,68H,9,12-13,22-27,30-38H2,1-8H3. The van der Waals surface area contributed by atoms with Gasteiger partial charge in [-0.05, 0) is 147 Å². The lowest BCUT2D eigenvalue weighted by molar-refractivity contribution is -0.250. The van der Waals surface area contributed by atoms with E-state index < -0.39 is 14.0 Å². The van der Waals surface area contributed by atoms with E-state index in [4.69, 9.17) is 49.8 Å². The third kappa shape index (κ3) is 12.3. The van der Waals surface area contributed by atoms with E-state index in [0.717, 1.165) is 88.5 Å². The number of para-hydroxylation sites is 1. The Labute approximate surface area is 445 Å². The Kier molecular flexibility index (Phi) is 16.0. The number of hydrogen-bond acceptors (Lipinski definition) is 14. The van der Waals surface area contributed by atoms with Crippen molar-refractivity contribution >= 4 is 53.1 Å². The topological polar surface area (TPSA) is 200 Å². The molecule has 4 aliphatic carbocycles. The third-order valence-corrected chi connectivity index (χ3v) is 18.1. The Hall–Kier alpha value is -5.95. The van der Waals surface area contributed by atoms with Crippen molar-refractivity contribution in [3.8, 4) is 16.9 Å². The summed E-state index contributed by atoms with van der Waals surface area (Å²) in [4.78, 5) is 30.6. The molecular formula is C56H73N11O6SSi. The summed E-state index contributed by atoms with van der Waals surface area (Å²) < 4.78 is 29.6. The lowest BCUT2D eigenvalue weighted by Crippen LogP contribution is -2.64. The zero-order valence-electron chi connectivity index (χ0n) is 45.0. The molecule has 19 heteroatoms. The Balaban J connectivity index is 1.06. The van der Waals surface area contributed by atoms with Gasteiger partial charge in [0.2, 0.25) is 0 Å². The van der Waals surface area contributed by atoms with E-state index in [1.54, 1.807) is 18.4 Å². The maximum absolute atomic E-state index is 14.6. The fraction of sp³-hybridized carbons (Fsp3) is 0.536. The van der Waals surface area contributed by atoms with Gasteiger partial charge in [-0.1, -0.05) is 80.6 Å². The van der Waals surface area contributed by atoms with Crippen LogP contribution in [0.3, 0.4) is 0 Å². The van der Waals surface area contributed by atoms with Gasteiger partial charge in [0, 0.05) is 56.0 Å². The van der Waals surface area contributed by atoms with Gasteiger partial charge >= 0.3 is 5.97 Å². The molecule has 2 atom stereocenters. The summed E-state index contributed by atoms with van der Waals surface area (Å²) in [6.07, 6.45) is 10.4. The third-order valence-electron chi connectivity index (χ3n) is 15.3. The second kappa shape index (κ2) is 22.3. The van der Waals surface area contributed by atoms with Crippen LogP contribution in [0.25, 0.3) is 31.8 Å². The van der Waals surface area contributed by atoms with E-state index in [-0.39, 0.29) is 40.8 Å². The average Bonchev–Trinajstić information content (AvgIpc) is 3.93. The number of thiazole rings is 1. The Morgan fingerprint density at radius 2 is 1.69 bits per heavy atom. The van der Waals surface area contributed by atoms with Crippen molar-refractivity contribution in [3.63, 3.8) is 0 Å². The van der Waals surface area contributed by atoms with Gasteiger partial charge in [-0.25, -0.2) is 9.78 Å². The van der Waals surface area contributed by atoms with Gasteiger partial charge in [0.15, 0.2) is 22.1 Å². The molecule has 10 rings (SSSR count). The molecular weight excluding hydrogens is 983 g/mol. The van der Waals surface area contributed by atoms with Gasteiger partial charge in [0.25, 0.3) is 0 Å². The van der Waals surface area contributed by atoms with Gasteiger partial charge in [0.05, 0.1) is 42.3 Å². The number of aliphatic hydroxyl groups excluding tert-OH is 1. The van der Waals surface area contributed by atoms with Crippen molar-refractivity contribution in [2.45, 2.75) is 137 Å². The summed E-state index contributed by atoms with van der Waals surface area (Å²) in [7, 11) is 0.339. The number of azide groups is 1. The molecule has 2 aromatic carbocycles. The number of aryl methyl sites for hydroxylation is 1. The first-order valence-electron chi connectivity index (χ1n) is 26.4. The van der Waals surface area contributed by atoms with Crippen LogP contribution in [0.2, 0.25) is 25.7 Å². The number of carbonyl (C=O) groups is 1. The molecule has 6 aromatic rings. The second-order valence-corrected chi connectivity index (χ2v) is 30.0. The molecule has 0 radical (unpaired) electrons. The molecule has 0 amide bonds. The number of pyridine rings is 1. The number of rotatable bonds is 24. The van der Waals surface area contributed by atoms with Gasteiger partial charge < -0.3 is 29.0 Å². The van der Waals surface area contributed by atoms with Crippen LogP contribution in [0, 0.1) is 30.1 Å². The summed E-state index contributed by atoms with van der Waals surface area (Å²) in [5, 5.41) is 28.1. The van der Waals surface area contributed by atoms with Crippen LogP contribution in [-0.2, 0) is 34.1 Å². The number of methoxy groups -OCH3 is 1. The van der Waals surface area contributed by atoms with Crippen LogP contribution in [0.5, 0.6) is 5.75 Å². The van der Waals surface area contributed by atoms with E-state index >= 15 is 0 Å². The average molecular weight is 1060 g/mol. The van der Waals surface area contributed by atoms with Crippen LogP contribution in [-0.4, -0.2) is 94.3 Å². The number of aliphatic hydroxyl groups is 1. The SMILES string of the molecule is COc1ccc(COC(=O)c2nc(N(CCCCCN=[N+]=[N-])c3cc(C)c(N=c4sc5ccccc5n4COCC[Si](C)(C)C)nn3)ccc2-c2cnn(CC34CC5(C)CC(C)(C3)CC(OCCO)(C5)C4)c2C)cc1. The fourth-order valence-electron chi connectivity index (χ4n) is 13.1. The van der Waals surface area contributed by atoms with Crippen LogP contribution >= 0.6 is 11.3 Å². The van der Waals surface area contributed by atoms with E-state index in [9.17, 15) is 9.90 Å². The molecule has 17 nitrogen and oxygen atoms in total. The molecule has 0 aliphatic heterocycles. The summed E-state index contributed by atoms with van der Waals surface area (Å²) in [5.74, 6) is 1.65. The van der Waals surface area contributed by atoms with Crippen LogP contribution in [0.1, 0.15) is 98.9 Å². The number of hydrogen-bond donors (Lipinski definition) is 1. The number of unbranched alkanes of at least 4 members (excludes halogenated alkanes) is 2. The monoisotopic (exact) mass is 1060 g/mol. The number of anilines is 2. The smallest absolute Gasteiger partial charge is 0.358 e. The second-order valence-electron chi connectivity index (χ2n) is 23.3. The number of benzene rings is 2. The van der Waals surface area contributed by atoms with Crippen molar-refractivity contribution in [1.82, 2.24) is 29.5 Å². The van der Waals surface area contributed by atoms with Gasteiger partial charge in [-0.3, -0.25) is 9.25 Å². The fourth-order valence-corrected chi connectivity index (χ4v) is 14.9. The van der Waals surface area contributed by atoms with Crippen LogP contribution in [0.15, 0.2) is 83.0 Å². The Morgan fingerprint density at radius 3 is 2.41 bits per heavy atom. The highest BCUT2D eigenvalue weighted by atomic mass is 32.1. The molecule has 0 spiro atoms. The molecule has 75 heavy (non-hydrogen) atoms. The lowest BCUT2D eigenvalue weighted by atomic mass is 9.39. The maximum Gasteiger partial charge on any atom is 0.358 e. The predicted molar refractivity (Wildman–Crippen MR) is 295 cm³/mol. The first kappa shape index (κ1) is 53.9. The first-order valence-corrected chi connectivity index (χ1v) is 30.9. The van der Waals surface area contributed by atoms with Crippen LogP contribution in [0.4, 0.5) is 17.5 Å². The zero-order valence-corrected chi connectivity index (χ0v) is 46.8. The van der Waals surface area contributed by atoms with E-state index in [1.807, 2.05) is 72.6 Å². The number of carbonyl (C=O) groups excluding carboxylic acids is 1. The minimum Gasteiger partial charge on any atom is -0.497 e. The van der Waals surface area contributed by atoms with E-state index in [0.29, 0.717) is 74.6 Å². The Morgan fingerprint density at radius 1 is 0.920 bits per heavy atom. The highest BCUT2D eigenvalue weighted by Crippen LogP contribution is 2.72. The van der Waals surface area contributed by atoms with Gasteiger partial charge in [0.1, 0.15) is 24.9 Å². The highest BCUT2D eigenvalue weighted by molar-refractivity contribution is 7.16. The quantitative estimate of drug-likeness (QED) is 0.0151. The molecule has 0 saturated heterocycles. The molecule has 4 aromatic heterocycles. The van der Waals surface area contributed by atoms with Crippen molar-refractivity contribution in [3.05, 3.63) is 111 Å². The summed E-state index contributed by atoms with van der Waals surface area (Å²) in [6.45, 7) is 19.0. The minimum atomic E-state index is -1.28. The Bertz CT molecular complexity index is 3110. The highest BCUT2D eigenvalue weighted by Gasteiger charge is 2.66. The molecule has 4 bridgehead atoms. The van der Waals surface area contributed by atoms with Crippen molar-refractivity contribution in [1.29, 1.82) is 0 Å². The van der Waals surface area contributed by atoms with E-state index in [2.05, 4.69) is 71.8 Å².